The van der Waals surface area contributed by atoms with Gasteiger partial charge >= 0.3 is 0 Å². The lowest BCUT2D eigenvalue weighted by Gasteiger charge is -2.18. The molecule has 2 rings (SSSR count). The third kappa shape index (κ3) is 4.10. The molecule has 0 aliphatic carbocycles. The van der Waals surface area contributed by atoms with E-state index < -0.39 is 0 Å². The predicted molar refractivity (Wildman–Crippen MR) is 76.0 cm³/mol. The van der Waals surface area contributed by atoms with Crippen LogP contribution in [0.25, 0.3) is 0 Å². The summed E-state index contributed by atoms with van der Waals surface area (Å²) in [4.78, 5) is 7.37. The Labute approximate surface area is 113 Å². The lowest BCUT2D eigenvalue weighted by atomic mass is 10.1. The van der Waals surface area contributed by atoms with Crippen molar-refractivity contribution in [3.05, 3.63) is 48.0 Å². The average molecular weight is 259 g/mol. The minimum atomic E-state index is 0.227. The monoisotopic (exact) mass is 259 g/mol. The lowest BCUT2D eigenvalue weighted by Crippen LogP contribution is -2.29. The molecule has 2 atom stereocenters. The maximum Gasteiger partial charge on any atom is 0.122 e. The van der Waals surface area contributed by atoms with Crippen molar-refractivity contribution < 1.29 is 5.11 Å². The summed E-state index contributed by atoms with van der Waals surface area (Å²) in [5.74, 6) is 1.29. The number of aryl methyl sites for hydroxylation is 1. The van der Waals surface area contributed by atoms with Crippen LogP contribution >= 0.6 is 0 Å². The lowest BCUT2D eigenvalue weighted by molar-refractivity contribution is 0.445. The zero-order valence-corrected chi connectivity index (χ0v) is 11.4. The van der Waals surface area contributed by atoms with E-state index in [4.69, 9.17) is 0 Å². The fourth-order valence-corrected chi connectivity index (χ4v) is 2.15. The standard InChI is InChI=1S/C15H21N3O/c1-11(18-12(2)15-16-9-10-17-15)3-4-13-5-7-14(19)8-6-13/h5-12,18-19H,3-4H2,1-2H3,(H,16,17). The molecular formula is C15H21N3O. The highest BCUT2D eigenvalue weighted by atomic mass is 16.3. The van der Waals surface area contributed by atoms with Gasteiger partial charge in [-0.15, -0.1) is 0 Å². The Morgan fingerprint density at radius 1 is 1.26 bits per heavy atom. The Morgan fingerprint density at radius 2 is 2.00 bits per heavy atom. The fourth-order valence-electron chi connectivity index (χ4n) is 2.15. The summed E-state index contributed by atoms with van der Waals surface area (Å²) < 4.78 is 0. The normalized spacial score (nSPS) is 14.2. The van der Waals surface area contributed by atoms with Crippen LogP contribution in [-0.4, -0.2) is 21.1 Å². The predicted octanol–water partition coefficient (Wildman–Crippen LogP) is 2.79. The third-order valence-corrected chi connectivity index (χ3v) is 3.27. The Hall–Kier alpha value is -1.81. The molecule has 0 saturated carbocycles. The topological polar surface area (TPSA) is 60.9 Å². The maximum atomic E-state index is 9.24. The molecule has 2 aromatic rings. The number of H-pyrrole nitrogens is 1. The second kappa shape index (κ2) is 6.38. The van der Waals surface area contributed by atoms with Crippen LogP contribution in [-0.2, 0) is 6.42 Å². The van der Waals surface area contributed by atoms with Crippen LogP contribution < -0.4 is 5.32 Å². The summed E-state index contributed by atoms with van der Waals surface area (Å²) in [5, 5.41) is 12.8. The fraction of sp³-hybridized carbons (Fsp3) is 0.400. The summed E-state index contributed by atoms with van der Waals surface area (Å²) in [5.41, 5.74) is 1.25. The molecule has 1 aromatic carbocycles. The van der Waals surface area contributed by atoms with Crippen LogP contribution in [0, 0.1) is 0 Å². The van der Waals surface area contributed by atoms with Gasteiger partial charge in [-0.2, -0.15) is 0 Å². The van der Waals surface area contributed by atoms with Gasteiger partial charge in [0.2, 0.25) is 0 Å². The van der Waals surface area contributed by atoms with E-state index in [1.54, 1.807) is 18.3 Å². The number of nitrogens with one attached hydrogen (secondary N) is 2. The molecule has 0 spiro atoms. The molecule has 0 aliphatic rings. The van der Waals surface area contributed by atoms with E-state index in [1.807, 2.05) is 18.3 Å². The van der Waals surface area contributed by atoms with Crippen LogP contribution in [0.5, 0.6) is 5.75 Å². The molecule has 0 aliphatic heterocycles. The maximum absolute atomic E-state index is 9.24. The Kier molecular flexibility index (Phi) is 4.58. The second-order valence-electron chi connectivity index (χ2n) is 4.97. The molecular weight excluding hydrogens is 238 g/mol. The zero-order valence-electron chi connectivity index (χ0n) is 11.4. The SMILES string of the molecule is CC(CCc1ccc(O)cc1)NC(C)c1ncc[nH]1. The first-order chi connectivity index (χ1) is 9.15. The molecule has 4 heteroatoms. The summed E-state index contributed by atoms with van der Waals surface area (Å²) in [7, 11) is 0. The summed E-state index contributed by atoms with van der Waals surface area (Å²) in [6, 6.07) is 8.05. The van der Waals surface area contributed by atoms with Gasteiger partial charge in [-0.1, -0.05) is 12.1 Å². The number of aromatic amines is 1. The van der Waals surface area contributed by atoms with Crippen molar-refractivity contribution in [2.24, 2.45) is 0 Å². The number of hydrogen-bond donors (Lipinski definition) is 3. The van der Waals surface area contributed by atoms with Crippen LogP contribution in [0.15, 0.2) is 36.7 Å². The first-order valence-electron chi connectivity index (χ1n) is 6.68. The van der Waals surface area contributed by atoms with Gasteiger partial charge in [0.1, 0.15) is 11.6 Å². The number of benzene rings is 1. The number of rotatable bonds is 6. The molecule has 0 fully saturated rings. The molecule has 102 valence electrons. The minimum Gasteiger partial charge on any atom is -0.508 e. The van der Waals surface area contributed by atoms with Crippen LogP contribution in [0.2, 0.25) is 0 Å². The number of aromatic hydroxyl groups is 1. The van der Waals surface area contributed by atoms with Gasteiger partial charge in [-0.05, 0) is 44.4 Å². The summed E-state index contributed by atoms with van der Waals surface area (Å²) >= 11 is 0. The van der Waals surface area contributed by atoms with E-state index in [0.29, 0.717) is 11.8 Å². The van der Waals surface area contributed by atoms with E-state index in [0.717, 1.165) is 18.7 Å². The minimum absolute atomic E-state index is 0.227. The van der Waals surface area contributed by atoms with Crippen molar-refractivity contribution in [3.8, 4) is 5.75 Å². The Morgan fingerprint density at radius 3 is 2.63 bits per heavy atom. The average Bonchev–Trinajstić information content (AvgIpc) is 2.92. The molecule has 3 N–H and O–H groups in total. The van der Waals surface area contributed by atoms with Crippen molar-refractivity contribution in [2.75, 3.05) is 0 Å². The van der Waals surface area contributed by atoms with Crippen molar-refractivity contribution in [3.63, 3.8) is 0 Å². The number of aromatic nitrogens is 2. The molecule has 1 heterocycles. The number of phenols is 1. The van der Waals surface area contributed by atoms with Crippen molar-refractivity contribution in [2.45, 2.75) is 38.8 Å². The van der Waals surface area contributed by atoms with Gasteiger partial charge in [0.05, 0.1) is 6.04 Å². The number of imidazole rings is 1. The Bertz CT molecular complexity index is 479. The molecule has 1 aromatic heterocycles. The molecule has 19 heavy (non-hydrogen) atoms. The zero-order chi connectivity index (χ0) is 13.7. The first-order valence-corrected chi connectivity index (χ1v) is 6.68. The quantitative estimate of drug-likeness (QED) is 0.747. The van der Waals surface area contributed by atoms with Crippen LogP contribution in [0.3, 0.4) is 0 Å². The van der Waals surface area contributed by atoms with Gasteiger partial charge in [0.25, 0.3) is 0 Å². The number of phenolic OH excluding ortho intramolecular Hbond substituents is 1. The van der Waals surface area contributed by atoms with E-state index in [2.05, 4.69) is 29.1 Å². The van der Waals surface area contributed by atoms with Gasteiger partial charge in [-0.25, -0.2) is 4.98 Å². The smallest absolute Gasteiger partial charge is 0.122 e. The molecule has 0 amide bonds. The molecule has 4 nitrogen and oxygen atoms in total. The van der Waals surface area contributed by atoms with Crippen LogP contribution in [0.4, 0.5) is 0 Å². The Balaban J connectivity index is 1.78. The number of nitrogens with zero attached hydrogens (tertiary/aromatic N) is 1. The van der Waals surface area contributed by atoms with Gasteiger partial charge in [0.15, 0.2) is 0 Å². The summed E-state index contributed by atoms with van der Waals surface area (Å²) in [6.45, 7) is 4.29. The van der Waals surface area contributed by atoms with E-state index >= 15 is 0 Å². The molecule has 0 saturated heterocycles. The van der Waals surface area contributed by atoms with E-state index in [9.17, 15) is 5.11 Å². The van der Waals surface area contributed by atoms with Gasteiger partial charge < -0.3 is 15.4 Å². The van der Waals surface area contributed by atoms with Crippen molar-refractivity contribution in [1.29, 1.82) is 0 Å². The van der Waals surface area contributed by atoms with Gasteiger partial charge in [-0.3, -0.25) is 0 Å². The van der Waals surface area contributed by atoms with E-state index in [1.165, 1.54) is 5.56 Å². The highest BCUT2D eigenvalue weighted by molar-refractivity contribution is 5.25. The summed E-state index contributed by atoms with van der Waals surface area (Å²) in [6.07, 6.45) is 5.67. The molecule has 0 radical (unpaired) electrons. The van der Waals surface area contributed by atoms with E-state index in [-0.39, 0.29) is 6.04 Å². The van der Waals surface area contributed by atoms with Crippen molar-refractivity contribution >= 4 is 0 Å². The first kappa shape index (κ1) is 13.6. The molecule has 2 unspecified atom stereocenters. The van der Waals surface area contributed by atoms with Gasteiger partial charge in [0, 0.05) is 18.4 Å². The van der Waals surface area contributed by atoms with Crippen LogP contribution in [0.1, 0.15) is 37.7 Å². The largest absolute Gasteiger partial charge is 0.508 e. The highest BCUT2D eigenvalue weighted by Gasteiger charge is 2.11. The molecule has 0 bridgehead atoms. The number of hydrogen-bond acceptors (Lipinski definition) is 3. The second-order valence-corrected chi connectivity index (χ2v) is 4.97. The highest BCUT2D eigenvalue weighted by Crippen LogP contribution is 2.13. The van der Waals surface area contributed by atoms with Crippen molar-refractivity contribution in [1.82, 2.24) is 15.3 Å². The third-order valence-electron chi connectivity index (χ3n) is 3.27.